The van der Waals surface area contributed by atoms with Crippen molar-refractivity contribution < 1.29 is 58.4 Å². The third kappa shape index (κ3) is 13.5. The molecule has 1 aliphatic rings. The van der Waals surface area contributed by atoms with Crippen molar-refractivity contribution in [3.8, 4) is 69.0 Å². The van der Waals surface area contributed by atoms with E-state index in [9.17, 15) is 30.6 Å². The number of rotatable bonds is 12. The fraction of sp³-hybridized carbons (Fsp3) is 0.400. The second-order valence-electron chi connectivity index (χ2n) is 25.7. The Morgan fingerprint density at radius 1 is 0.346 bits per heavy atom. The van der Waals surface area contributed by atoms with E-state index in [1.807, 2.05) is 125 Å². The first-order valence-corrected chi connectivity index (χ1v) is 29.7. The Morgan fingerprint density at radius 3 is 0.923 bits per heavy atom. The van der Waals surface area contributed by atoms with Gasteiger partial charge in [0, 0.05) is 42.6 Å². The van der Waals surface area contributed by atoms with Gasteiger partial charge in [-0.3, -0.25) is 0 Å². The zero-order valence-corrected chi connectivity index (χ0v) is 50.9. The molecule has 0 saturated heterocycles. The van der Waals surface area contributed by atoms with Crippen LogP contribution in [0, 0.1) is 0 Å². The number of aromatic hydroxyl groups is 6. The molecule has 18 heteroatoms. The van der Waals surface area contributed by atoms with Crippen LogP contribution in [0.4, 0.5) is 0 Å². The highest BCUT2D eigenvalue weighted by molar-refractivity contribution is 7.78. The molecule has 0 radical (unpaired) electrons. The molecule has 7 rings (SSSR count). The van der Waals surface area contributed by atoms with Crippen LogP contribution in [0.5, 0.6) is 69.0 Å². The van der Waals surface area contributed by atoms with Crippen molar-refractivity contribution in [2.24, 2.45) is 4.52 Å². The molecule has 420 valence electrons. The lowest BCUT2D eigenvalue weighted by molar-refractivity contribution is 0.0542. The molecule has 15 nitrogen and oxygen atoms in total. The summed E-state index contributed by atoms with van der Waals surface area (Å²) in [5.74, 6) is 1.72. The first-order valence-electron chi connectivity index (χ1n) is 25.8. The summed E-state index contributed by atoms with van der Waals surface area (Å²) in [6.45, 7) is 35.4. The van der Waals surface area contributed by atoms with Gasteiger partial charge < -0.3 is 58.4 Å². The molecule has 0 saturated carbocycles. The minimum Gasteiger partial charge on any atom is -0.508 e. The Balaban J connectivity index is 1.66. The Labute approximate surface area is 463 Å². The van der Waals surface area contributed by atoms with Gasteiger partial charge in [-0.25, -0.2) is 0 Å². The van der Waals surface area contributed by atoms with Gasteiger partial charge in [0.1, 0.15) is 69.0 Å². The molecule has 0 bridgehead atoms. The van der Waals surface area contributed by atoms with Crippen molar-refractivity contribution >= 4 is 24.6 Å². The van der Waals surface area contributed by atoms with Gasteiger partial charge in [-0.1, -0.05) is 125 Å². The summed E-state index contributed by atoms with van der Waals surface area (Å²) in [4.78, 5) is 14.3. The number of nitrogens with zero attached hydrogens (tertiary/aromatic N) is 3. The Morgan fingerprint density at radius 2 is 0.603 bits per heavy atom. The standard InChI is InChI=1S/C60H78N3O12P3/c1-55(2,3)43-31-37(19-25-49(43)64)70-62-76(72-39-21-27-51(66)45(33-39)57(7,8)9)61-78(74-41-23-29-53(68)47(35-41)59(13,14)15,75-42-24-30-54(69)48(36-42)60(16,17)18)63(71-38-20-26-50(65)44(32-38)56(4,5)6)77(62)73-40-22-28-52(67)46(34-40)58(10,11)12/h19-36,64-69H,1-18H3. The van der Waals surface area contributed by atoms with Crippen molar-refractivity contribution in [2.45, 2.75) is 157 Å². The van der Waals surface area contributed by atoms with Crippen LogP contribution in [0.3, 0.4) is 0 Å². The predicted octanol–water partition coefficient (Wildman–Crippen LogP) is 17.3. The Kier molecular flexibility index (Phi) is 16.4. The molecule has 0 spiro atoms. The van der Waals surface area contributed by atoms with Crippen LogP contribution in [0.25, 0.3) is 0 Å². The summed E-state index contributed by atoms with van der Waals surface area (Å²) in [5, 5.41) is 67.9. The van der Waals surface area contributed by atoms with Gasteiger partial charge in [0.05, 0.1) is 0 Å². The quantitative estimate of drug-likeness (QED) is 0.0633. The lowest BCUT2D eigenvalue weighted by Crippen LogP contribution is -2.37. The van der Waals surface area contributed by atoms with Crippen LogP contribution in [0.15, 0.2) is 114 Å². The molecular weight excluding hydrogens is 1050 g/mol. The molecule has 6 aromatic carbocycles. The maximum absolute atomic E-state index is 11.4. The molecule has 0 fully saturated rings. The van der Waals surface area contributed by atoms with E-state index in [0.29, 0.717) is 33.4 Å². The third-order valence-corrected chi connectivity index (χ3v) is 19.6. The maximum Gasteiger partial charge on any atom is 0.447 e. The normalized spacial score (nSPS) is 16.7. The number of benzene rings is 6. The van der Waals surface area contributed by atoms with Crippen molar-refractivity contribution in [1.29, 1.82) is 0 Å². The van der Waals surface area contributed by atoms with E-state index < -0.39 is 57.0 Å². The van der Waals surface area contributed by atoms with E-state index in [2.05, 4.69) is 0 Å². The number of phenols is 6. The Bertz CT molecular complexity index is 3160. The lowest BCUT2D eigenvalue weighted by atomic mass is 9.86. The SMILES string of the molecule is CC(C)(C)c1cc(ON2P(Oc3ccc(O)c(C(C)(C)C)c3)N=P(Oc3ccc(O)c(C(C)(C)C)c3)(Oc3ccc(O)c(C(C)(C)C)c3)N(Oc3ccc(O)c(C(C)(C)C)c3)P2Oc2ccc(O)c(C(C)(C)C)c2)ccc1O. The average molecular weight is 1130 g/mol. The molecule has 2 unspecified atom stereocenters. The van der Waals surface area contributed by atoms with Crippen molar-refractivity contribution in [3.63, 3.8) is 0 Å². The van der Waals surface area contributed by atoms with E-state index in [0.717, 1.165) is 0 Å². The number of hydrogen-bond acceptors (Lipinski definition) is 15. The van der Waals surface area contributed by atoms with E-state index in [1.165, 1.54) is 27.4 Å². The zero-order valence-electron chi connectivity index (χ0n) is 48.2. The summed E-state index contributed by atoms with van der Waals surface area (Å²) >= 11 is 0. The third-order valence-electron chi connectivity index (χ3n) is 12.7. The van der Waals surface area contributed by atoms with Crippen LogP contribution >= 0.6 is 24.6 Å². The summed E-state index contributed by atoms with van der Waals surface area (Å²) in [7, 11) is -9.80. The first-order chi connectivity index (χ1) is 35.8. The van der Waals surface area contributed by atoms with Crippen molar-refractivity contribution in [3.05, 3.63) is 143 Å². The fourth-order valence-electron chi connectivity index (χ4n) is 8.48. The van der Waals surface area contributed by atoms with Crippen LogP contribution in [0.1, 0.15) is 158 Å². The molecule has 6 aromatic rings. The van der Waals surface area contributed by atoms with Crippen molar-refractivity contribution in [2.75, 3.05) is 0 Å². The second-order valence-corrected chi connectivity index (χ2v) is 31.2. The predicted molar refractivity (Wildman–Crippen MR) is 311 cm³/mol. The molecule has 1 heterocycles. The molecule has 1 aliphatic heterocycles. The molecule has 0 aliphatic carbocycles. The van der Waals surface area contributed by atoms with Crippen LogP contribution in [-0.4, -0.2) is 39.8 Å². The van der Waals surface area contributed by atoms with Gasteiger partial charge in [-0.2, -0.15) is 0 Å². The van der Waals surface area contributed by atoms with E-state index in [1.54, 1.807) is 91.0 Å². The highest BCUT2D eigenvalue weighted by atomic mass is 31.3. The highest BCUT2D eigenvalue weighted by Crippen LogP contribution is 2.78. The molecule has 0 amide bonds. The average Bonchev–Trinajstić information content (AvgIpc) is 3.47. The number of hydrogen-bond donors (Lipinski definition) is 6. The van der Waals surface area contributed by atoms with E-state index in [-0.39, 0.29) is 69.0 Å². The largest absolute Gasteiger partial charge is 0.508 e. The number of phenolic OH excluding ortho intramolecular Hbond substituents is 6. The van der Waals surface area contributed by atoms with Gasteiger partial charge in [0.2, 0.25) is 0 Å². The first kappa shape index (κ1) is 59.6. The zero-order chi connectivity index (χ0) is 57.9. The van der Waals surface area contributed by atoms with Crippen LogP contribution < -0.4 is 27.8 Å². The maximum atomic E-state index is 11.4. The van der Waals surface area contributed by atoms with Gasteiger partial charge in [-0.15, -0.1) is 4.52 Å². The molecular formula is C60H78N3O12P3. The summed E-state index contributed by atoms with van der Waals surface area (Å²) < 4.78 is 37.6. The molecule has 2 atom stereocenters. The summed E-state index contributed by atoms with van der Waals surface area (Å²) in [5.41, 5.74) is 0.0123. The highest BCUT2D eigenvalue weighted by Gasteiger charge is 2.58. The van der Waals surface area contributed by atoms with Crippen molar-refractivity contribution in [1.82, 2.24) is 9.21 Å². The summed E-state index contributed by atoms with van der Waals surface area (Å²) in [6.07, 6.45) is 0. The van der Waals surface area contributed by atoms with Gasteiger partial charge in [0.15, 0.2) is 0 Å². The monoisotopic (exact) mass is 1130 g/mol. The minimum atomic E-state index is -4.47. The summed E-state index contributed by atoms with van der Waals surface area (Å²) in [6, 6.07) is 29.3. The van der Waals surface area contributed by atoms with E-state index in [4.69, 9.17) is 32.3 Å². The van der Waals surface area contributed by atoms with Gasteiger partial charge in [0.25, 0.3) is 0 Å². The molecule has 0 aromatic heterocycles. The molecule has 6 N–H and O–H groups in total. The Hall–Kier alpha value is -6.07. The fourth-order valence-corrected chi connectivity index (χ4v) is 15.9. The lowest BCUT2D eigenvalue weighted by Gasteiger charge is -2.44. The van der Waals surface area contributed by atoms with E-state index >= 15 is 0 Å². The minimum absolute atomic E-state index is 0.0345. The second kappa shape index (κ2) is 21.5. The van der Waals surface area contributed by atoms with Gasteiger partial charge >= 0.3 is 24.6 Å². The van der Waals surface area contributed by atoms with Crippen LogP contribution in [0.2, 0.25) is 0 Å². The smallest absolute Gasteiger partial charge is 0.447 e. The molecule has 78 heavy (non-hydrogen) atoms. The topological polar surface area (TPSA) is 196 Å². The van der Waals surface area contributed by atoms with Gasteiger partial charge in [-0.05, 0) is 142 Å². The van der Waals surface area contributed by atoms with Crippen LogP contribution in [-0.2, 0) is 32.5 Å².